The largest absolute Gasteiger partial charge is 0.451 e. The molecule has 1 N–H and O–H groups in total. The Labute approximate surface area is 87.2 Å². The molecule has 1 aromatic rings. The molecule has 2 atom stereocenters. The van der Waals surface area contributed by atoms with Gasteiger partial charge >= 0.3 is 5.97 Å². The van der Waals surface area contributed by atoms with Gasteiger partial charge in [-0.3, -0.25) is 5.32 Å². The molecule has 1 saturated heterocycles. The average Bonchev–Trinajstić information content (AvgIpc) is 2.87. The predicted octanol–water partition coefficient (Wildman–Crippen LogP) is 0.844. The van der Waals surface area contributed by atoms with Crippen LogP contribution in [0.25, 0.3) is 0 Å². The first kappa shape index (κ1) is 8.88. The summed E-state index contributed by atoms with van der Waals surface area (Å²) in [4.78, 5) is 11.5. The maximum absolute atomic E-state index is 11.5. The molecule has 4 heteroatoms. The number of cyclic esters (lactones) is 1. The molecule has 2 heterocycles. The molecule has 0 bridgehead atoms. The van der Waals surface area contributed by atoms with E-state index in [-0.39, 0.29) is 18.2 Å². The molecule has 1 aromatic carbocycles. The highest BCUT2D eigenvalue weighted by molar-refractivity contribution is 5.94. The zero-order valence-corrected chi connectivity index (χ0v) is 8.10. The molecule has 2 aliphatic rings. The molecule has 0 spiro atoms. The molecule has 0 aromatic heterocycles. The molecule has 0 radical (unpaired) electrons. The van der Waals surface area contributed by atoms with Crippen molar-refractivity contribution in [3.63, 3.8) is 0 Å². The van der Waals surface area contributed by atoms with Gasteiger partial charge in [0.2, 0.25) is 0 Å². The van der Waals surface area contributed by atoms with Crippen molar-refractivity contribution in [2.75, 3.05) is 13.3 Å². The SMILES string of the molecule is O=C1OC(C2CNCO2)c2ccccc21. The van der Waals surface area contributed by atoms with E-state index in [1.165, 1.54) is 0 Å². The van der Waals surface area contributed by atoms with Crippen molar-refractivity contribution < 1.29 is 14.3 Å². The van der Waals surface area contributed by atoms with Gasteiger partial charge in [0.05, 0.1) is 12.3 Å². The fourth-order valence-electron chi connectivity index (χ4n) is 2.07. The van der Waals surface area contributed by atoms with Crippen LogP contribution in [-0.4, -0.2) is 25.3 Å². The lowest BCUT2D eigenvalue weighted by Gasteiger charge is -2.16. The Hall–Kier alpha value is -1.39. The minimum absolute atomic E-state index is 0.0578. The number of benzene rings is 1. The van der Waals surface area contributed by atoms with Crippen LogP contribution in [0.4, 0.5) is 0 Å². The summed E-state index contributed by atoms with van der Waals surface area (Å²) >= 11 is 0. The first-order valence-corrected chi connectivity index (χ1v) is 4.98. The lowest BCUT2D eigenvalue weighted by atomic mass is 10.0. The fraction of sp³-hybridized carbons (Fsp3) is 0.364. The number of hydrogen-bond acceptors (Lipinski definition) is 4. The van der Waals surface area contributed by atoms with Crippen LogP contribution in [0.3, 0.4) is 0 Å². The summed E-state index contributed by atoms with van der Waals surface area (Å²) in [7, 11) is 0. The summed E-state index contributed by atoms with van der Waals surface area (Å²) in [6.07, 6.45) is -0.304. The quantitative estimate of drug-likeness (QED) is 0.690. The van der Waals surface area contributed by atoms with E-state index in [2.05, 4.69) is 5.32 Å². The standard InChI is InChI=1S/C11H11NO3/c13-11-8-4-2-1-3-7(8)10(15-11)9-5-12-6-14-9/h1-4,9-10,12H,5-6H2. The summed E-state index contributed by atoms with van der Waals surface area (Å²) in [5.74, 6) is -0.244. The van der Waals surface area contributed by atoms with Crippen LogP contribution in [0.1, 0.15) is 22.0 Å². The van der Waals surface area contributed by atoms with Gasteiger partial charge in [0.1, 0.15) is 6.10 Å². The van der Waals surface area contributed by atoms with Gasteiger partial charge in [-0.2, -0.15) is 0 Å². The van der Waals surface area contributed by atoms with Gasteiger partial charge in [-0.1, -0.05) is 18.2 Å². The molecule has 0 aliphatic carbocycles. The summed E-state index contributed by atoms with van der Waals surface area (Å²) < 4.78 is 10.8. The first-order chi connectivity index (χ1) is 7.36. The van der Waals surface area contributed by atoms with E-state index in [1.807, 2.05) is 18.2 Å². The smallest absolute Gasteiger partial charge is 0.339 e. The van der Waals surface area contributed by atoms with Gasteiger partial charge in [-0.15, -0.1) is 0 Å². The van der Waals surface area contributed by atoms with E-state index in [9.17, 15) is 4.79 Å². The lowest BCUT2D eigenvalue weighted by Crippen LogP contribution is -2.22. The molecule has 2 aliphatic heterocycles. The van der Waals surface area contributed by atoms with E-state index in [0.717, 1.165) is 12.1 Å². The summed E-state index contributed by atoms with van der Waals surface area (Å²) in [5, 5.41) is 3.08. The van der Waals surface area contributed by atoms with E-state index in [4.69, 9.17) is 9.47 Å². The Kier molecular flexibility index (Phi) is 1.97. The maximum atomic E-state index is 11.5. The number of carbonyl (C=O) groups is 1. The molecule has 2 unspecified atom stereocenters. The monoisotopic (exact) mass is 205 g/mol. The number of nitrogens with one attached hydrogen (secondary N) is 1. The minimum Gasteiger partial charge on any atom is -0.451 e. The average molecular weight is 205 g/mol. The third kappa shape index (κ3) is 1.33. The molecule has 1 fully saturated rings. The molecule has 0 saturated carbocycles. The van der Waals surface area contributed by atoms with Crippen molar-refractivity contribution >= 4 is 5.97 Å². The zero-order chi connectivity index (χ0) is 10.3. The van der Waals surface area contributed by atoms with Gasteiger partial charge in [0, 0.05) is 12.1 Å². The van der Waals surface area contributed by atoms with Gasteiger partial charge in [0.25, 0.3) is 0 Å². The Balaban J connectivity index is 1.97. The maximum Gasteiger partial charge on any atom is 0.339 e. The van der Waals surface area contributed by atoms with Crippen LogP contribution in [-0.2, 0) is 9.47 Å². The van der Waals surface area contributed by atoms with E-state index in [1.54, 1.807) is 6.07 Å². The Morgan fingerprint density at radius 3 is 3.00 bits per heavy atom. The van der Waals surface area contributed by atoms with E-state index >= 15 is 0 Å². The number of esters is 1. The highest BCUT2D eigenvalue weighted by Crippen LogP contribution is 2.34. The molecule has 15 heavy (non-hydrogen) atoms. The van der Waals surface area contributed by atoms with Gasteiger partial charge in [-0.05, 0) is 6.07 Å². The lowest BCUT2D eigenvalue weighted by molar-refractivity contribution is -0.0173. The third-order valence-corrected chi connectivity index (χ3v) is 2.80. The van der Waals surface area contributed by atoms with Gasteiger partial charge in [0.15, 0.2) is 6.10 Å². The first-order valence-electron chi connectivity index (χ1n) is 4.98. The van der Waals surface area contributed by atoms with Crippen molar-refractivity contribution in [1.29, 1.82) is 0 Å². The third-order valence-electron chi connectivity index (χ3n) is 2.80. The Bertz CT molecular complexity index is 399. The Morgan fingerprint density at radius 1 is 1.33 bits per heavy atom. The van der Waals surface area contributed by atoms with Crippen LogP contribution in [0.15, 0.2) is 24.3 Å². The minimum atomic E-state index is -0.247. The normalized spacial score (nSPS) is 28.9. The highest BCUT2D eigenvalue weighted by atomic mass is 16.6. The second-order valence-corrected chi connectivity index (χ2v) is 3.72. The van der Waals surface area contributed by atoms with Crippen molar-refractivity contribution in [3.8, 4) is 0 Å². The van der Waals surface area contributed by atoms with Crippen molar-refractivity contribution in [3.05, 3.63) is 35.4 Å². The molecule has 4 nitrogen and oxygen atoms in total. The molecule has 0 amide bonds. The van der Waals surface area contributed by atoms with Crippen LogP contribution in [0.5, 0.6) is 0 Å². The van der Waals surface area contributed by atoms with Crippen molar-refractivity contribution in [2.24, 2.45) is 0 Å². The fourth-order valence-corrected chi connectivity index (χ4v) is 2.07. The summed E-state index contributed by atoms with van der Waals surface area (Å²) in [6.45, 7) is 1.26. The van der Waals surface area contributed by atoms with Crippen LogP contribution in [0.2, 0.25) is 0 Å². The van der Waals surface area contributed by atoms with E-state index < -0.39 is 0 Å². The molecule has 78 valence electrons. The second-order valence-electron chi connectivity index (χ2n) is 3.72. The van der Waals surface area contributed by atoms with Crippen LogP contribution >= 0.6 is 0 Å². The number of rotatable bonds is 1. The predicted molar refractivity (Wildman–Crippen MR) is 52.3 cm³/mol. The second kappa shape index (κ2) is 3.32. The zero-order valence-electron chi connectivity index (χ0n) is 8.10. The summed E-state index contributed by atoms with van der Waals surface area (Å²) in [5.41, 5.74) is 1.61. The van der Waals surface area contributed by atoms with Crippen LogP contribution < -0.4 is 5.32 Å². The Morgan fingerprint density at radius 2 is 2.20 bits per heavy atom. The number of fused-ring (bicyclic) bond motifs is 1. The molecular weight excluding hydrogens is 194 g/mol. The number of carbonyl (C=O) groups excluding carboxylic acids is 1. The van der Waals surface area contributed by atoms with Crippen LogP contribution in [0, 0.1) is 0 Å². The molecule has 3 rings (SSSR count). The van der Waals surface area contributed by atoms with Crippen molar-refractivity contribution in [2.45, 2.75) is 12.2 Å². The van der Waals surface area contributed by atoms with Gasteiger partial charge < -0.3 is 9.47 Å². The van der Waals surface area contributed by atoms with Gasteiger partial charge in [-0.25, -0.2) is 4.79 Å². The highest BCUT2D eigenvalue weighted by Gasteiger charge is 2.38. The summed E-state index contributed by atoms with van der Waals surface area (Å²) in [6, 6.07) is 7.47. The number of hydrogen-bond donors (Lipinski definition) is 1. The van der Waals surface area contributed by atoms with E-state index in [0.29, 0.717) is 12.3 Å². The molecular formula is C11H11NO3. The van der Waals surface area contributed by atoms with Crippen molar-refractivity contribution in [1.82, 2.24) is 5.32 Å². The number of ether oxygens (including phenoxy) is 2. The topological polar surface area (TPSA) is 47.6 Å².